The zero-order valence-electron chi connectivity index (χ0n) is 14.4. The normalized spacial score (nSPS) is 13.2. The first-order valence-corrected chi connectivity index (χ1v) is 9.23. The second-order valence-corrected chi connectivity index (χ2v) is 7.42. The summed E-state index contributed by atoms with van der Waals surface area (Å²) < 4.78 is 31.7. The van der Waals surface area contributed by atoms with E-state index in [9.17, 15) is 13.2 Å². The molecule has 0 unspecified atom stereocenters. The summed E-state index contributed by atoms with van der Waals surface area (Å²) in [6, 6.07) is 6.16. The van der Waals surface area contributed by atoms with Crippen molar-refractivity contribution in [2.45, 2.75) is 51.7 Å². The summed E-state index contributed by atoms with van der Waals surface area (Å²) in [5.41, 5.74) is 0. The van der Waals surface area contributed by atoms with Gasteiger partial charge in [0.15, 0.2) is 6.10 Å². The molecular weight excluding hydrogens is 316 g/mol. The van der Waals surface area contributed by atoms with E-state index >= 15 is 0 Å². The van der Waals surface area contributed by atoms with Crippen LogP contribution in [0.3, 0.4) is 0 Å². The van der Waals surface area contributed by atoms with Crippen LogP contribution in [-0.4, -0.2) is 43.9 Å². The summed E-state index contributed by atoms with van der Waals surface area (Å²) >= 11 is 0. The van der Waals surface area contributed by atoms with E-state index in [0.717, 1.165) is 0 Å². The van der Waals surface area contributed by atoms with E-state index in [1.807, 2.05) is 13.8 Å². The summed E-state index contributed by atoms with van der Waals surface area (Å²) in [4.78, 5) is 12.0. The Bertz CT molecular complexity index is 607. The van der Waals surface area contributed by atoms with Gasteiger partial charge in [-0.15, -0.1) is 0 Å². The van der Waals surface area contributed by atoms with Crippen molar-refractivity contribution in [2.24, 2.45) is 0 Å². The highest BCUT2D eigenvalue weighted by atomic mass is 32.2. The van der Waals surface area contributed by atoms with Crippen LogP contribution in [0.5, 0.6) is 5.75 Å². The summed E-state index contributed by atoms with van der Waals surface area (Å²) in [7, 11) is -3.48. The maximum atomic E-state index is 12.4. The number of nitrogens with one attached hydrogen (secondary N) is 1. The lowest BCUT2D eigenvalue weighted by Gasteiger charge is -2.19. The SMILES string of the molecule is CCN(CC)S(=O)(=O)c1ccc(O[C@@H](C)C(=O)NC(C)C)cc1. The molecule has 0 heterocycles. The van der Waals surface area contributed by atoms with Crippen LogP contribution in [0.15, 0.2) is 29.2 Å². The largest absolute Gasteiger partial charge is 0.481 e. The number of benzene rings is 1. The van der Waals surface area contributed by atoms with Crippen LogP contribution in [0.2, 0.25) is 0 Å². The van der Waals surface area contributed by atoms with Gasteiger partial charge in [0.2, 0.25) is 10.0 Å². The smallest absolute Gasteiger partial charge is 0.260 e. The van der Waals surface area contributed by atoms with E-state index in [1.54, 1.807) is 32.9 Å². The van der Waals surface area contributed by atoms with Gasteiger partial charge in [-0.05, 0) is 45.0 Å². The van der Waals surface area contributed by atoms with Crippen molar-refractivity contribution in [1.82, 2.24) is 9.62 Å². The Hall–Kier alpha value is -1.60. The average Bonchev–Trinajstić information content (AvgIpc) is 2.48. The average molecular weight is 342 g/mol. The Morgan fingerprint density at radius 1 is 1.13 bits per heavy atom. The van der Waals surface area contributed by atoms with Gasteiger partial charge in [-0.2, -0.15) is 4.31 Å². The van der Waals surface area contributed by atoms with E-state index in [2.05, 4.69) is 5.32 Å². The standard InChI is InChI=1S/C16H26N2O4S/c1-6-18(7-2)23(20,21)15-10-8-14(9-11-15)22-13(5)16(19)17-12(3)4/h8-13H,6-7H2,1-5H3,(H,17,19)/t13-/m0/s1. The Labute approximate surface area is 138 Å². The quantitative estimate of drug-likeness (QED) is 0.784. The Morgan fingerprint density at radius 2 is 1.65 bits per heavy atom. The number of ether oxygens (including phenoxy) is 1. The molecule has 1 N–H and O–H groups in total. The van der Waals surface area contributed by atoms with Crippen molar-refractivity contribution in [3.8, 4) is 5.75 Å². The van der Waals surface area contributed by atoms with Gasteiger partial charge in [-0.25, -0.2) is 8.42 Å². The molecule has 7 heteroatoms. The maximum Gasteiger partial charge on any atom is 0.260 e. The van der Waals surface area contributed by atoms with Gasteiger partial charge in [-0.1, -0.05) is 13.8 Å². The van der Waals surface area contributed by atoms with Crippen LogP contribution in [0, 0.1) is 0 Å². The number of rotatable bonds is 8. The minimum Gasteiger partial charge on any atom is -0.481 e. The van der Waals surface area contributed by atoms with E-state index < -0.39 is 16.1 Å². The molecule has 1 amide bonds. The third-order valence-electron chi connectivity index (χ3n) is 3.28. The minimum atomic E-state index is -3.48. The first-order valence-electron chi connectivity index (χ1n) is 7.79. The second-order valence-electron chi connectivity index (χ2n) is 5.48. The fourth-order valence-electron chi connectivity index (χ4n) is 2.06. The Balaban J connectivity index is 2.83. The van der Waals surface area contributed by atoms with Crippen molar-refractivity contribution in [3.63, 3.8) is 0 Å². The zero-order valence-corrected chi connectivity index (χ0v) is 15.2. The predicted octanol–water partition coefficient (Wildman–Crippen LogP) is 2.01. The molecule has 130 valence electrons. The van der Waals surface area contributed by atoms with Gasteiger partial charge in [0, 0.05) is 19.1 Å². The molecule has 0 saturated carbocycles. The van der Waals surface area contributed by atoms with Gasteiger partial charge < -0.3 is 10.1 Å². The van der Waals surface area contributed by atoms with Crippen molar-refractivity contribution < 1.29 is 17.9 Å². The van der Waals surface area contributed by atoms with E-state index in [0.29, 0.717) is 18.8 Å². The number of amides is 1. The van der Waals surface area contributed by atoms with E-state index in [-0.39, 0.29) is 16.8 Å². The molecule has 0 bridgehead atoms. The van der Waals surface area contributed by atoms with Crippen molar-refractivity contribution in [2.75, 3.05) is 13.1 Å². The van der Waals surface area contributed by atoms with Crippen LogP contribution >= 0.6 is 0 Å². The van der Waals surface area contributed by atoms with Crippen LogP contribution in [-0.2, 0) is 14.8 Å². The number of hydrogen-bond donors (Lipinski definition) is 1. The second kappa shape index (κ2) is 8.31. The molecule has 1 aromatic rings. The fraction of sp³-hybridized carbons (Fsp3) is 0.562. The van der Waals surface area contributed by atoms with Crippen molar-refractivity contribution in [1.29, 1.82) is 0 Å². The zero-order chi connectivity index (χ0) is 17.6. The van der Waals surface area contributed by atoms with E-state index in [4.69, 9.17) is 4.74 Å². The first kappa shape index (κ1) is 19.4. The molecule has 0 spiro atoms. The maximum absolute atomic E-state index is 12.4. The molecule has 0 aliphatic carbocycles. The summed E-state index contributed by atoms with van der Waals surface area (Å²) in [5.74, 6) is 0.245. The molecule has 0 aromatic heterocycles. The van der Waals surface area contributed by atoms with Crippen molar-refractivity contribution in [3.05, 3.63) is 24.3 Å². The van der Waals surface area contributed by atoms with Gasteiger partial charge in [0.1, 0.15) is 5.75 Å². The molecule has 0 radical (unpaired) electrons. The predicted molar refractivity (Wildman–Crippen MR) is 89.9 cm³/mol. The number of carbonyl (C=O) groups is 1. The highest BCUT2D eigenvalue weighted by molar-refractivity contribution is 7.89. The molecule has 1 aromatic carbocycles. The monoisotopic (exact) mass is 342 g/mol. The van der Waals surface area contributed by atoms with Crippen LogP contribution in [0.1, 0.15) is 34.6 Å². The number of hydrogen-bond acceptors (Lipinski definition) is 4. The number of nitrogens with zero attached hydrogens (tertiary/aromatic N) is 1. The Morgan fingerprint density at radius 3 is 2.09 bits per heavy atom. The lowest BCUT2D eigenvalue weighted by atomic mass is 10.3. The van der Waals surface area contributed by atoms with Gasteiger partial charge in [0.05, 0.1) is 4.90 Å². The van der Waals surface area contributed by atoms with Gasteiger partial charge in [-0.3, -0.25) is 4.79 Å². The molecule has 0 aliphatic rings. The lowest BCUT2D eigenvalue weighted by molar-refractivity contribution is -0.127. The molecule has 0 saturated heterocycles. The van der Waals surface area contributed by atoms with Gasteiger partial charge >= 0.3 is 0 Å². The Kier molecular flexibility index (Phi) is 7.02. The van der Waals surface area contributed by atoms with Crippen LogP contribution in [0.25, 0.3) is 0 Å². The fourth-order valence-corrected chi connectivity index (χ4v) is 3.52. The molecule has 1 rings (SSSR count). The molecular formula is C16H26N2O4S. The molecule has 23 heavy (non-hydrogen) atoms. The van der Waals surface area contributed by atoms with E-state index in [1.165, 1.54) is 16.4 Å². The summed E-state index contributed by atoms with van der Waals surface area (Å²) in [6.07, 6.45) is -0.650. The van der Waals surface area contributed by atoms with Crippen LogP contribution < -0.4 is 10.1 Å². The third-order valence-corrected chi connectivity index (χ3v) is 5.34. The molecule has 0 aliphatic heterocycles. The minimum absolute atomic E-state index is 0.0372. The molecule has 1 atom stereocenters. The highest BCUT2D eigenvalue weighted by Gasteiger charge is 2.22. The summed E-state index contributed by atoms with van der Waals surface area (Å²) in [6.45, 7) is 9.83. The summed E-state index contributed by atoms with van der Waals surface area (Å²) in [5, 5.41) is 2.76. The van der Waals surface area contributed by atoms with Crippen LogP contribution in [0.4, 0.5) is 0 Å². The lowest BCUT2D eigenvalue weighted by Crippen LogP contribution is -2.40. The first-order chi connectivity index (χ1) is 10.7. The third kappa shape index (κ3) is 5.21. The number of sulfonamides is 1. The van der Waals surface area contributed by atoms with Gasteiger partial charge in [0.25, 0.3) is 5.91 Å². The number of carbonyl (C=O) groups excluding carboxylic acids is 1. The molecule has 6 nitrogen and oxygen atoms in total. The topological polar surface area (TPSA) is 75.7 Å². The highest BCUT2D eigenvalue weighted by Crippen LogP contribution is 2.20. The molecule has 0 fully saturated rings. The van der Waals surface area contributed by atoms with Crippen molar-refractivity contribution >= 4 is 15.9 Å².